The number of guanidine groups is 1. The zero-order chi connectivity index (χ0) is 29.5. The predicted molar refractivity (Wildman–Crippen MR) is 165 cm³/mol. The summed E-state index contributed by atoms with van der Waals surface area (Å²) in [6.07, 6.45) is 11.3. The Morgan fingerprint density at radius 2 is 1.70 bits per heavy atom. The topological polar surface area (TPSA) is 89.3 Å². The molecule has 0 saturated heterocycles. The molecule has 1 aromatic rings. The molecule has 0 aromatic heterocycles. The van der Waals surface area contributed by atoms with Crippen LogP contribution in [0.25, 0.3) is 0 Å². The highest BCUT2D eigenvalue weighted by Crippen LogP contribution is 2.40. The number of phenolic OH excluding ortho intramolecular Hbond substituents is 1. The molecule has 3 N–H and O–H groups in total. The predicted octanol–water partition coefficient (Wildman–Crippen LogP) is 5.52. The summed E-state index contributed by atoms with van der Waals surface area (Å²) in [7, 11) is 4.06. The molecule has 1 unspecified atom stereocenters. The summed E-state index contributed by atoms with van der Waals surface area (Å²) in [5.41, 5.74) is 3.28. The van der Waals surface area contributed by atoms with Crippen LogP contribution in [0.3, 0.4) is 0 Å². The van der Waals surface area contributed by atoms with E-state index in [2.05, 4.69) is 82.2 Å². The van der Waals surface area contributed by atoms with Crippen LogP contribution in [-0.2, 0) is 22.0 Å². The monoisotopic (exact) mass is 547 g/mol. The molecule has 1 fully saturated rings. The third-order valence-electron chi connectivity index (χ3n) is 8.30. The number of aromatic hydroxyl groups is 1. The number of amides is 1. The van der Waals surface area contributed by atoms with E-state index in [9.17, 15) is 9.90 Å². The van der Waals surface area contributed by atoms with Crippen molar-refractivity contribution in [3.8, 4) is 5.75 Å². The average molecular weight is 548 g/mol. The number of nitrogens with zero attached hydrogens (tertiary/aromatic N) is 3. The number of rotatable bonds is 4. The van der Waals surface area contributed by atoms with Crippen molar-refractivity contribution < 1.29 is 9.90 Å². The molecule has 1 atom stereocenters. The Bertz CT molecular complexity index is 1220. The highest BCUT2D eigenvalue weighted by atomic mass is 16.3. The van der Waals surface area contributed by atoms with E-state index in [0.29, 0.717) is 18.1 Å². The van der Waals surface area contributed by atoms with Gasteiger partial charge in [-0.3, -0.25) is 4.79 Å². The van der Waals surface area contributed by atoms with E-state index in [1.807, 2.05) is 26.2 Å². The van der Waals surface area contributed by atoms with E-state index >= 15 is 0 Å². The van der Waals surface area contributed by atoms with Gasteiger partial charge in [0.05, 0.1) is 18.0 Å². The third-order valence-corrected chi connectivity index (χ3v) is 8.30. The summed E-state index contributed by atoms with van der Waals surface area (Å²) in [5.74, 6) is 2.05. The molecule has 1 aliphatic heterocycles. The van der Waals surface area contributed by atoms with Gasteiger partial charge in [0, 0.05) is 25.7 Å². The molecule has 3 aliphatic rings. The first kappa shape index (κ1) is 29.9. The number of carbonyl (C=O) groups excluding carboxylic acids is 1. The van der Waals surface area contributed by atoms with Crippen molar-refractivity contribution in [2.75, 3.05) is 14.1 Å². The van der Waals surface area contributed by atoms with Gasteiger partial charge in [-0.1, -0.05) is 71.9 Å². The molecule has 1 heterocycles. The largest absolute Gasteiger partial charge is 0.507 e. The van der Waals surface area contributed by atoms with E-state index in [0.717, 1.165) is 54.6 Å². The van der Waals surface area contributed by atoms with Crippen molar-refractivity contribution in [3.63, 3.8) is 0 Å². The number of amidine groups is 1. The maximum atomic E-state index is 13.1. The van der Waals surface area contributed by atoms with Gasteiger partial charge >= 0.3 is 0 Å². The molecule has 2 aliphatic carbocycles. The summed E-state index contributed by atoms with van der Waals surface area (Å²) < 4.78 is 0. The molecule has 40 heavy (non-hydrogen) atoms. The first-order valence-electron chi connectivity index (χ1n) is 14.7. The van der Waals surface area contributed by atoms with Gasteiger partial charge in [-0.05, 0) is 66.5 Å². The maximum absolute atomic E-state index is 13.1. The minimum Gasteiger partial charge on any atom is -0.507 e. The first-order chi connectivity index (χ1) is 18.6. The maximum Gasteiger partial charge on any atom is 0.224 e. The summed E-state index contributed by atoms with van der Waals surface area (Å²) in [6.45, 7) is 14.8. The molecular weight excluding hydrogens is 498 g/mol. The first-order valence-corrected chi connectivity index (χ1v) is 14.7. The number of carbonyl (C=O) groups is 1. The SMILES string of the molecule is CN(C)C1=NC(=NC2CCC(NC(=O)Cc3cc(C(C)(C)C)c(O)c(C(C)(C)C)c3)CC2)NC2(C)CC=CC=C12. The van der Waals surface area contributed by atoms with Gasteiger partial charge in [-0.25, -0.2) is 4.99 Å². The molecule has 0 bridgehead atoms. The van der Waals surface area contributed by atoms with Crippen LogP contribution < -0.4 is 10.6 Å². The smallest absolute Gasteiger partial charge is 0.224 e. The lowest BCUT2D eigenvalue weighted by atomic mass is 9.78. The van der Waals surface area contributed by atoms with E-state index < -0.39 is 0 Å². The van der Waals surface area contributed by atoms with E-state index in [1.54, 1.807) is 0 Å². The molecule has 7 heteroatoms. The minimum absolute atomic E-state index is 0.0342. The van der Waals surface area contributed by atoms with Crippen molar-refractivity contribution >= 4 is 17.7 Å². The summed E-state index contributed by atoms with van der Waals surface area (Å²) in [4.78, 5) is 25.1. The van der Waals surface area contributed by atoms with Crippen molar-refractivity contribution in [1.29, 1.82) is 0 Å². The number of hydrogen-bond donors (Lipinski definition) is 3. The molecule has 4 rings (SSSR count). The summed E-state index contributed by atoms with van der Waals surface area (Å²) in [5, 5.41) is 17.9. The normalized spacial score (nSPS) is 26.0. The Morgan fingerprint density at radius 1 is 1.10 bits per heavy atom. The van der Waals surface area contributed by atoms with Gasteiger partial charge in [-0.2, -0.15) is 4.99 Å². The Morgan fingerprint density at radius 3 is 2.25 bits per heavy atom. The van der Waals surface area contributed by atoms with Crippen LogP contribution in [0.5, 0.6) is 5.75 Å². The number of nitrogens with one attached hydrogen (secondary N) is 2. The highest BCUT2D eigenvalue weighted by Gasteiger charge is 2.38. The number of aliphatic imine (C=N–C) groups is 2. The van der Waals surface area contributed by atoms with Crippen LogP contribution in [0.1, 0.15) is 97.3 Å². The fourth-order valence-electron chi connectivity index (χ4n) is 5.96. The highest BCUT2D eigenvalue weighted by molar-refractivity contribution is 6.10. The van der Waals surface area contributed by atoms with E-state index in [1.165, 1.54) is 5.57 Å². The van der Waals surface area contributed by atoms with E-state index in [-0.39, 0.29) is 34.4 Å². The molecule has 1 aromatic carbocycles. The number of allylic oxidation sites excluding steroid dienone is 2. The third kappa shape index (κ3) is 6.61. The Hall–Kier alpha value is -3.09. The van der Waals surface area contributed by atoms with Crippen LogP contribution in [0.4, 0.5) is 0 Å². The summed E-state index contributed by atoms with van der Waals surface area (Å²) in [6, 6.07) is 4.35. The quantitative estimate of drug-likeness (QED) is 0.463. The number of fused-ring (bicyclic) bond motifs is 1. The molecule has 1 saturated carbocycles. The lowest BCUT2D eigenvalue weighted by Crippen LogP contribution is -2.55. The van der Waals surface area contributed by atoms with Crippen molar-refractivity contribution in [2.24, 2.45) is 9.98 Å². The lowest BCUT2D eigenvalue weighted by Gasteiger charge is -2.40. The average Bonchev–Trinajstić information content (AvgIpc) is 2.83. The fraction of sp³-hybridized carbons (Fsp3) is 0.606. The molecule has 1 amide bonds. The van der Waals surface area contributed by atoms with Crippen molar-refractivity contribution in [1.82, 2.24) is 15.5 Å². The van der Waals surface area contributed by atoms with E-state index in [4.69, 9.17) is 9.98 Å². The second-order valence-corrected chi connectivity index (χ2v) is 14.2. The van der Waals surface area contributed by atoms with Crippen LogP contribution in [0.15, 0.2) is 45.9 Å². The second kappa shape index (κ2) is 11.1. The van der Waals surface area contributed by atoms with Gasteiger partial charge in [0.2, 0.25) is 11.9 Å². The second-order valence-electron chi connectivity index (χ2n) is 14.2. The van der Waals surface area contributed by atoms with Crippen molar-refractivity contribution in [2.45, 2.75) is 115 Å². The van der Waals surface area contributed by atoms with Crippen LogP contribution in [-0.4, -0.2) is 59.4 Å². The minimum atomic E-state index is -0.218. The lowest BCUT2D eigenvalue weighted by molar-refractivity contribution is -0.121. The molecule has 0 spiro atoms. The van der Waals surface area contributed by atoms with Crippen LogP contribution >= 0.6 is 0 Å². The summed E-state index contributed by atoms with van der Waals surface area (Å²) >= 11 is 0. The Balaban J connectivity index is 1.40. The Kier molecular flexibility index (Phi) is 8.26. The van der Waals surface area contributed by atoms with Gasteiger partial charge in [0.15, 0.2) is 0 Å². The molecule has 7 nitrogen and oxygen atoms in total. The molecular formula is C33H49N5O2. The van der Waals surface area contributed by atoms with Gasteiger partial charge in [-0.15, -0.1) is 0 Å². The number of phenols is 1. The zero-order valence-electron chi connectivity index (χ0n) is 26.0. The van der Waals surface area contributed by atoms with Gasteiger partial charge in [0.25, 0.3) is 0 Å². The molecule has 218 valence electrons. The number of likely N-dealkylation sites (N-methyl/N-ethyl adjacent to an activating group) is 1. The van der Waals surface area contributed by atoms with Crippen molar-refractivity contribution in [3.05, 3.63) is 52.6 Å². The van der Waals surface area contributed by atoms with Crippen LogP contribution in [0, 0.1) is 0 Å². The van der Waals surface area contributed by atoms with Gasteiger partial charge < -0.3 is 20.6 Å². The van der Waals surface area contributed by atoms with Gasteiger partial charge in [0.1, 0.15) is 11.6 Å². The number of benzene rings is 1. The van der Waals surface area contributed by atoms with Crippen LogP contribution in [0.2, 0.25) is 0 Å². The Labute approximate surface area is 240 Å². The zero-order valence-corrected chi connectivity index (χ0v) is 26.0. The fourth-order valence-corrected chi connectivity index (χ4v) is 5.96. The standard InChI is InChI=1S/C33H49N5O2/c1-31(2,3)25-18-21(19-26(28(25)40)32(4,5)6)20-27(39)34-22-13-15-23(16-14-22)35-30-36-29(38(8)9)24-12-10-11-17-33(24,7)37-30/h10-12,18-19,22-23,40H,13-17,20H2,1-9H3,(H,34,39)(H,35,37). The number of hydrogen-bond acceptors (Lipinski definition) is 4. The molecule has 0 radical (unpaired) electrons.